The summed E-state index contributed by atoms with van der Waals surface area (Å²) in [5.41, 5.74) is 7.70. The van der Waals surface area contributed by atoms with E-state index in [2.05, 4.69) is 103 Å². The third-order valence-electron chi connectivity index (χ3n) is 13.9. The first-order chi connectivity index (χ1) is 31.2. The number of nitrogens with zero attached hydrogens (tertiary/aromatic N) is 2. The van der Waals surface area contributed by atoms with Crippen LogP contribution in [0.25, 0.3) is 0 Å². The third-order valence-corrected chi connectivity index (χ3v) is 20.0. The molecule has 1 fully saturated rings. The summed E-state index contributed by atoms with van der Waals surface area (Å²) in [7, 11) is 0.915. The van der Waals surface area contributed by atoms with Crippen LogP contribution in [0.2, 0.25) is 16.6 Å². The largest absolute Gasteiger partial charge is 0.496 e. The maximum absolute atomic E-state index is 13.6. The van der Waals surface area contributed by atoms with E-state index in [0.717, 1.165) is 59.7 Å². The standard InChI is InChI=1S/C54H76N2O8Si/c1-38(2)65(39(3)4,40(5)6)64-50-34-56(53(57)58)48(32-41-18-12-11-13-19-41)52(63-35-42-22-27-46-47(33-42)55(28-16-29-59-9)37-54(46,7)8)51(50)43-23-25-45(26-24-43)62-31-17-30-61-36-44-20-14-15-21-49(44)60-10/h11-15,18-27,33,38-40,48,50-52H,16-17,28-32,34-37H2,1-10H3,(H,57,58)/t48?,50-,51+,52+/m1/s1. The van der Waals surface area contributed by atoms with E-state index in [1.54, 1.807) is 19.1 Å². The summed E-state index contributed by atoms with van der Waals surface area (Å²) in [6.45, 7) is 23.0. The Kier molecular flexibility index (Phi) is 17.6. The number of piperidine rings is 1. The predicted octanol–water partition coefficient (Wildman–Crippen LogP) is 11.6. The predicted molar refractivity (Wildman–Crippen MR) is 263 cm³/mol. The molecule has 1 saturated heterocycles. The molecule has 65 heavy (non-hydrogen) atoms. The first kappa shape index (κ1) is 50.0. The van der Waals surface area contributed by atoms with Crippen LogP contribution in [0.15, 0.2) is 97.1 Å². The van der Waals surface area contributed by atoms with Crippen LogP contribution < -0.4 is 14.4 Å². The minimum Gasteiger partial charge on any atom is -0.496 e. The number of hydrogen-bond donors (Lipinski definition) is 1. The van der Waals surface area contributed by atoms with Crippen molar-refractivity contribution in [3.05, 3.63) is 125 Å². The monoisotopic (exact) mass is 909 g/mol. The van der Waals surface area contributed by atoms with E-state index in [0.29, 0.717) is 56.1 Å². The Bertz CT molecular complexity index is 2070. The number of para-hydroxylation sites is 1. The highest BCUT2D eigenvalue weighted by Gasteiger charge is 2.53. The Balaban J connectivity index is 1.33. The van der Waals surface area contributed by atoms with Crippen molar-refractivity contribution in [1.82, 2.24) is 4.90 Å². The molecule has 1 amide bonds. The zero-order valence-corrected chi connectivity index (χ0v) is 41.8. The van der Waals surface area contributed by atoms with Crippen LogP contribution in [-0.2, 0) is 43.7 Å². The average Bonchev–Trinajstić information content (AvgIpc) is 3.54. The van der Waals surface area contributed by atoms with Gasteiger partial charge in [0.2, 0.25) is 8.32 Å². The fraction of sp³-hybridized carbons (Fsp3) is 0.537. The third kappa shape index (κ3) is 12.0. The van der Waals surface area contributed by atoms with E-state index in [-0.39, 0.29) is 17.9 Å². The molecule has 1 unspecified atom stereocenters. The number of benzene rings is 4. The van der Waals surface area contributed by atoms with Gasteiger partial charge in [-0.2, -0.15) is 0 Å². The molecule has 0 saturated carbocycles. The van der Waals surface area contributed by atoms with Gasteiger partial charge in [-0.15, -0.1) is 0 Å². The number of hydrogen-bond acceptors (Lipinski definition) is 8. The summed E-state index contributed by atoms with van der Waals surface area (Å²) >= 11 is 0. The Morgan fingerprint density at radius 1 is 0.800 bits per heavy atom. The maximum Gasteiger partial charge on any atom is 0.407 e. The van der Waals surface area contributed by atoms with Gasteiger partial charge in [-0.3, -0.25) is 4.90 Å². The molecule has 0 aromatic heterocycles. The van der Waals surface area contributed by atoms with Crippen LogP contribution in [0, 0.1) is 0 Å². The quantitative estimate of drug-likeness (QED) is 0.0576. The lowest BCUT2D eigenvalue weighted by Gasteiger charge is -2.53. The molecule has 2 aliphatic rings. The lowest BCUT2D eigenvalue weighted by atomic mass is 9.78. The maximum atomic E-state index is 13.6. The molecule has 0 bridgehead atoms. The highest BCUT2D eigenvalue weighted by molar-refractivity contribution is 6.77. The number of amides is 1. The fourth-order valence-electron chi connectivity index (χ4n) is 10.9. The number of likely N-dealkylation sites (tertiary alicyclic amines) is 1. The molecule has 0 aliphatic carbocycles. The number of rotatable bonds is 23. The summed E-state index contributed by atoms with van der Waals surface area (Å²) in [5, 5.41) is 11.1. The SMILES string of the molecule is COCCCN1CC(C)(C)c2ccc(CO[C@H]3C(Cc4ccccc4)N(C(=O)O)C[C@@H](O[Si](C(C)C)(C(C)C)C(C)C)[C@@H]3c3ccc(OCCCOCc4ccccc4OC)cc3)cc21. The van der Waals surface area contributed by atoms with Crippen LogP contribution in [0.1, 0.15) is 102 Å². The molecule has 0 spiro atoms. The van der Waals surface area contributed by atoms with Crippen LogP contribution in [0.4, 0.5) is 10.5 Å². The molecule has 4 aromatic rings. The van der Waals surface area contributed by atoms with Crippen molar-refractivity contribution in [1.29, 1.82) is 0 Å². The van der Waals surface area contributed by atoms with E-state index in [1.165, 1.54) is 11.3 Å². The van der Waals surface area contributed by atoms with Gasteiger partial charge in [-0.1, -0.05) is 128 Å². The fourth-order valence-corrected chi connectivity index (χ4v) is 16.4. The zero-order valence-electron chi connectivity index (χ0n) is 40.8. The lowest BCUT2D eigenvalue weighted by molar-refractivity contribution is -0.0946. The highest BCUT2D eigenvalue weighted by atomic mass is 28.4. The van der Waals surface area contributed by atoms with Crippen molar-refractivity contribution in [3.63, 3.8) is 0 Å². The van der Waals surface area contributed by atoms with Crippen molar-refractivity contribution in [2.24, 2.45) is 0 Å². The van der Waals surface area contributed by atoms with Gasteiger partial charge in [0.1, 0.15) is 11.5 Å². The summed E-state index contributed by atoms with van der Waals surface area (Å²) < 4.78 is 38.1. The zero-order chi connectivity index (χ0) is 46.7. The second kappa shape index (κ2) is 22.9. The normalized spacial score (nSPS) is 19.6. The van der Waals surface area contributed by atoms with Crippen LogP contribution in [-0.4, -0.2) is 96.3 Å². The van der Waals surface area contributed by atoms with Gasteiger partial charge >= 0.3 is 6.09 Å². The minimum absolute atomic E-state index is 0.0177. The van der Waals surface area contributed by atoms with Gasteiger partial charge in [0.25, 0.3) is 0 Å². The Labute approximate surface area is 390 Å². The average molecular weight is 909 g/mol. The van der Waals surface area contributed by atoms with Crippen LogP contribution in [0.3, 0.4) is 0 Å². The first-order valence-corrected chi connectivity index (χ1v) is 26.0. The number of anilines is 1. The molecule has 11 heteroatoms. The van der Waals surface area contributed by atoms with E-state index in [4.69, 9.17) is 28.1 Å². The first-order valence-electron chi connectivity index (χ1n) is 23.8. The molecule has 354 valence electrons. The molecule has 1 N–H and O–H groups in total. The Hall–Kier alpha value is -4.39. The lowest BCUT2D eigenvalue weighted by Crippen LogP contribution is -2.64. The summed E-state index contributed by atoms with van der Waals surface area (Å²) in [6.07, 6.45) is 0.258. The molecular weight excluding hydrogens is 833 g/mol. The molecule has 6 rings (SSSR count). The highest BCUT2D eigenvalue weighted by Crippen LogP contribution is 2.48. The molecular formula is C54H76N2O8Si. The Morgan fingerprint density at radius 2 is 1.49 bits per heavy atom. The van der Waals surface area contributed by atoms with Gasteiger partial charge in [-0.05, 0) is 76.0 Å². The number of ether oxygens (including phenoxy) is 5. The number of carbonyl (C=O) groups is 1. The second-order valence-electron chi connectivity index (χ2n) is 19.6. The topological polar surface area (TPSA) is 99.2 Å². The van der Waals surface area contributed by atoms with Gasteiger partial charge in [0, 0.05) is 55.8 Å². The summed E-state index contributed by atoms with van der Waals surface area (Å²) in [6, 6.07) is 32.7. The van der Waals surface area contributed by atoms with Crippen LogP contribution >= 0.6 is 0 Å². The number of carboxylic acid groups (broad SMARTS) is 1. The van der Waals surface area contributed by atoms with E-state index in [1.807, 2.05) is 54.6 Å². The van der Waals surface area contributed by atoms with Crippen molar-refractivity contribution in [3.8, 4) is 11.5 Å². The molecule has 0 radical (unpaired) electrons. The molecule has 10 nitrogen and oxygen atoms in total. The number of methoxy groups -OCH3 is 2. The summed E-state index contributed by atoms with van der Waals surface area (Å²) in [5.74, 6) is 1.32. The Morgan fingerprint density at radius 3 is 2.15 bits per heavy atom. The molecule has 4 atom stereocenters. The molecule has 4 aromatic carbocycles. The van der Waals surface area contributed by atoms with Crippen molar-refractivity contribution in [2.45, 2.75) is 134 Å². The van der Waals surface area contributed by atoms with Crippen LogP contribution in [0.5, 0.6) is 11.5 Å². The van der Waals surface area contributed by atoms with Crippen molar-refractivity contribution in [2.75, 3.05) is 58.6 Å². The van der Waals surface area contributed by atoms with Crippen molar-refractivity contribution >= 4 is 20.1 Å². The van der Waals surface area contributed by atoms with Crippen molar-refractivity contribution < 1.29 is 38.0 Å². The van der Waals surface area contributed by atoms with Gasteiger partial charge in [0.05, 0.1) is 58.3 Å². The second-order valence-corrected chi connectivity index (χ2v) is 25.0. The minimum atomic E-state index is -2.51. The van der Waals surface area contributed by atoms with E-state index < -0.39 is 32.7 Å². The van der Waals surface area contributed by atoms with Gasteiger partial charge in [-0.25, -0.2) is 4.79 Å². The molecule has 2 aliphatic heterocycles. The van der Waals surface area contributed by atoms with E-state index >= 15 is 0 Å². The smallest absolute Gasteiger partial charge is 0.407 e. The molecule has 2 heterocycles. The van der Waals surface area contributed by atoms with E-state index in [9.17, 15) is 9.90 Å². The number of fused-ring (bicyclic) bond motifs is 1. The summed E-state index contributed by atoms with van der Waals surface area (Å²) in [4.78, 5) is 17.7. The van der Waals surface area contributed by atoms with Gasteiger partial charge < -0.3 is 38.1 Å². The van der Waals surface area contributed by atoms with Gasteiger partial charge in [0.15, 0.2) is 0 Å².